The van der Waals surface area contributed by atoms with E-state index < -0.39 is 0 Å². The van der Waals surface area contributed by atoms with E-state index in [1.807, 2.05) is 0 Å². The molecular weight excluding hydrogens is 484 g/mol. The van der Waals surface area contributed by atoms with Gasteiger partial charge in [0.15, 0.2) is 12.3 Å². The van der Waals surface area contributed by atoms with Crippen LogP contribution in [0.4, 0.5) is 5.69 Å². The molecule has 0 unspecified atom stereocenters. The second-order valence-corrected chi connectivity index (χ2v) is 12.1. The zero-order valence-electron chi connectivity index (χ0n) is 20.2. The van der Waals surface area contributed by atoms with Crippen molar-refractivity contribution in [1.82, 2.24) is 0 Å². The smallest absolute Gasteiger partial charge is 0.266 e. The molecule has 3 aromatic rings. The number of allylic oxidation sites excluding steroid dienone is 4. The van der Waals surface area contributed by atoms with Gasteiger partial charge in [-0.05, 0) is 62.3 Å². The SMILES string of the molecule is O=C1C(C2=C3\Sc4ccccc4N3CCCCC\2)=C([O-])/C1=C1/CCCCC[n+]2c1sc1ccccc12. The van der Waals surface area contributed by atoms with Crippen molar-refractivity contribution >= 4 is 50.4 Å². The molecule has 0 radical (unpaired) electrons. The summed E-state index contributed by atoms with van der Waals surface area (Å²) in [5.74, 6) is -0.0571. The molecule has 0 amide bonds. The lowest BCUT2D eigenvalue weighted by molar-refractivity contribution is -0.670. The van der Waals surface area contributed by atoms with Crippen LogP contribution < -0.4 is 14.6 Å². The molecule has 0 bridgehead atoms. The van der Waals surface area contributed by atoms with Crippen LogP contribution in [0.3, 0.4) is 0 Å². The third kappa shape index (κ3) is 3.41. The minimum absolute atomic E-state index is 0.0286. The van der Waals surface area contributed by atoms with Gasteiger partial charge < -0.3 is 10.0 Å². The molecule has 0 atom stereocenters. The Balaban J connectivity index is 1.38. The van der Waals surface area contributed by atoms with Crippen molar-refractivity contribution in [1.29, 1.82) is 0 Å². The topological polar surface area (TPSA) is 47.3 Å². The average molecular weight is 513 g/mol. The van der Waals surface area contributed by atoms with Gasteiger partial charge in [-0.2, -0.15) is 4.57 Å². The van der Waals surface area contributed by atoms with Gasteiger partial charge in [0.1, 0.15) is 4.70 Å². The summed E-state index contributed by atoms with van der Waals surface area (Å²) in [6.07, 6.45) is 8.13. The van der Waals surface area contributed by atoms with Crippen molar-refractivity contribution in [3.05, 3.63) is 81.0 Å². The van der Waals surface area contributed by atoms with E-state index in [0.29, 0.717) is 11.1 Å². The Kier molecular flexibility index (Phi) is 5.55. The van der Waals surface area contributed by atoms with Crippen molar-refractivity contribution in [2.45, 2.75) is 62.8 Å². The molecule has 6 heteroatoms. The fourth-order valence-electron chi connectivity index (χ4n) is 6.08. The number of hydrogen-bond acceptors (Lipinski definition) is 5. The first-order valence-electron chi connectivity index (χ1n) is 13.1. The van der Waals surface area contributed by atoms with Gasteiger partial charge in [0.05, 0.1) is 10.7 Å². The number of benzene rings is 2. The highest BCUT2D eigenvalue weighted by Crippen LogP contribution is 2.52. The van der Waals surface area contributed by atoms with Gasteiger partial charge in [-0.15, -0.1) is 0 Å². The van der Waals surface area contributed by atoms with Crippen LogP contribution in [0.15, 0.2) is 80.9 Å². The van der Waals surface area contributed by atoms with E-state index in [4.69, 9.17) is 0 Å². The lowest BCUT2D eigenvalue weighted by Crippen LogP contribution is -2.39. The Hall–Kier alpha value is -2.83. The zero-order chi connectivity index (χ0) is 24.2. The first kappa shape index (κ1) is 22.4. The number of thiazole rings is 1. The number of aromatic nitrogens is 1. The molecule has 36 heavy (non-hydrogen) atoms. The molecule has 4 nitrogen and oxygen atoms in total. The molecule has 4 aliphatic rings. The number of hydrogen-bond donors (Lipinski definition) is 0. The van der Waals surface area contributed by atoms with E-state index in [1.54, 1.807) is 23.1 Å². The number of aryl methyl sites for hydroxylation is 1. The molecule has 0 N–H and O–H groups in total. The van der Waals surface area contributed by atoms with Crippen LogP contribution in [0.5, 0.6) is 0 Å². The van der Waals surface area contributed by atoms with Gasteiger partial charge in [-0.25, -0.2) is 0 Å². The second kappa shape index (κ2) is 8.93. The molecule has 0 saturated carbocycles. The van der Waals surface area contributed by atoms with Crippen molar-refractivity contribution in [3.63, 3.8) is 0 Å². The van der Waals surface area contributed by atoms with Gasteiger partial charge >= 0.3 is 0 Å². The molecule has 7 rings (SSSR count). The molecule has 3 aliphatic heterocycles. The monoisotopic (exact) mass is 512 g/mol. The van der Waals surface area contributed by atoms with Crippen molar-refractivity contribution in [2.24, 2.45) is 0 Å². The van der Waals surface area contributed by atoms with Crippen molar-refractivity contribution in [3.8, 4) is 0 Å². The van der Waals surface area contributed by atoms with Crippen LogP contribution in [-0.4, -0.2) is 12.3 Å². The Morgan fingerprint density at radius 3 is 2.50 bits per heavy atom. The maximum absolute atomic E-state index is 13.9. The van der Waals surface area contributed by atoms with Crippen molar-refractivity contribution < 1.29 is 14.5 Å². The van der Waals surface area contributed by atoms with Crippen LogP contribution >= 0.6 is 23.1 Å². The summed E-state index contributed by atoms with van der Waals surface area (Å²) in [5.41, 5.74) is 5.28. The predicted molar refractivity (Wildman–Crippen MR) is 145 cm³/mol. The summed E-state index contributed by atoms with van der Waals surface area (Å²) < 4.78 is 3.57. The predicted octanol–water partition coefficient (Wildman–Crippen LogP) is 6.11. The number of rotatable bonds is 1. The largest absolute Gasteiger partial charge is 0.871 e. The van der Waals surface area contributed by atoms with Gasteiger partial charge in [0.25, 0.3) is 5.01 Å². The number of ketones is 1. The Labute approximate surface area is 219 Å². The van der Waals surface area contributed by atoms with E-state index in [-0.39, 0.29) is 11.5 Å². The van der Waals surface area contributed by atoms with Crippen LogP contribution in [0.25, 0.3) is 15.8 Å². The molecule has 0 saturated heterocycles. The number of Topliss-reactive ketones (excluding diaryl/α,β-unsaturated/α-hetero) is 1. The van der Waals surface area contributed by atoms with E-state index in [1.165, 1.54) is 20.8 Å². The zero-order valence-corrected chi connectivity index (χ0v) is 21.9. The highest BCUT2D eigenvalue weighted by atomic mass is 32.2. The summed E-state index contributed by atoms with van der Waals surface area (Å²) in [5, 5.41) is 16.1. The molecule has 0 spiro atoms. The van der Waals surface area contributed by atoms with Crippen LogP contribution in [0.2, 0.25) is 0 Å². The van der Waals surface area contributed by atoms with Gasteiger partial charge in [-0.3, -0.25) is 4.79 Å². The quantitative estimate of drug-likeness (QED) is 0.292. The number of carbonyl (C=O) groups excluding carboxylic acids is 1. The van der Waals surface area contributed by atoms with E-state index in [0.717, 1.165) is 85.6 Å². The number of nitrogens with zero attached hydrogens (tertiary/aromatic N) is 2. The van der Waals surface area contributed by atoms with Gasteiger partial charge in [-0.1, -0.05) is 59.5 Å². The van der Waals surface area contributed by atoms with Crippen LogP contribution in [-0.2, 0) is 11.3 Å². The van der Waals surface area contributed by atoms with Gasteiger partial charge in [0, 0.05) is 40.6 Å². The third-order valence-electron chi connectivity index (χ3n) is 7.86. The average Bonchev–Trinajstić information content (AvgIpc) is 3.41. The highest BCUT2D eigenvalue weighted by Gasteiger charge is 2.39. The second-order valence-electron chi connectivity index (χ2n) is 10.0. The first-order valence-corrected chi connectivity index (χ1v) is 14.7. The normalized spacial score (nSPS) is 24.4. The molecule has 1 aromatic heterocycles. The lowest BCUT2D eigenvalue weighted by atomic mass is 9.78. The number of para-hydroxylation sites is 2. The fourth-order valence-corrected chi connectivity index (χ4v) is 8.61. The number of fused-ring (bicyclic) bond motifs is 6. The Morgan fingerprint density at radius 2 is 1.61 bits per heavy atom. The third-order valence-corrected chi connectivity index (χ3v) is 10.3. The molecule has 1 aliphatic carbocycles. The van der Waals surface area contributed by atoms with Gasteiger partial charge in [0.2, 0.25) is 5.52 Å². The summed E-state index contributed by atoms with van der Waals surface area (Å²) in [6, 6.07) is 16.9. The first-order chi connectivity index (χ1) is 17.7. The number of anilines is 1. The summed E-state index contributed by atoms with van der Waals surface area (Å²) in [6.45, 7) is 1.88. The van der Waals surface area contributed by atoms with Crippen LogP contribution in [0.1, 0.15) is 56.4 Å². The minimum Gasteiger partial charge on any atom is -0.871 e. The maximum Gasteiger partial charge on any atom is 0.266 e. The van der Waals surface area contributed by atoms with E-state index in [9.17, 15) is 9.90 Å². The standard InChI is InChI=1S/C30H28N2O2S2/c33-27-25(19-11-3-1-9-17-31-21-13-5-7-15-23(21)35-29(19)31)28(34)26(27)20-12-4-2-10-18-32-22-14-6-8-16-24(22)36-30(20)32/h5-8,13-16H,1-4,9-12,17-18H2. The van der Waals surface area contributed by atoms with Crippen LogP contribution in [0, 0.1) is 0 Å². The lowest BCUT2D eigenvalue weighted by Gasteiger charge is -2.36. The molecule has 4 heterocycles. The highest BCUT2D eigenvalue weighted by molar-refractivity contribution is 8.03. The maximum atomic E-state index is 13.9. The summed E-state index contributed by atoms with van der Waals surface area (Å²) in [4.78, 5) is 17.4. The molecule has 0 fully saturated rings. The summed E-state index contributed by atoms with van der Waals surface area (Å²) >= 11 is 3.46. The minimum atomic E-state index is -0.0286. The Bertz CT molecular complexity index is 1510. The summed E-state index contributed by atoms with van der Waals surface area (Å²) in [7, 11) is 0. The Morgan fingerprint density at radius 1 is 0.833 bits per heavy atom. The number of carbonyl (C=O) groups is 1. The fraction of sp³-hybridized carbons (Fsp3) is 0.333. The molecule has 2 aromatic carbocycles. The van der Waals surface area contributed by atoms with E-state index >= 15 is 0 Å². The van der Waals surface area contributed by atoms with Crippen molar-refractivity contribution in [2.75, 3.05) is 11.4 Å². The molecule has 182 valence electrons. The number of thioether (sulfide) groups is 1. The van der Waals surface area contributed by atoms with E-state index in [2.05, 4.69) is 58.0 Å². The molecular formula is C30H28N2O2S2.